The fraction of sp³-hybridized carbons (Fsp3) is 0.538. The molecule has 1 aliphatic carbocycles. The van der Waals surface area contributed by atoms with Gasteiger partial charge in [0.2, 0.25) is 0 Å². The average molecular weight is 240 g/mol. The number of hydrogen-bond acceptors (Lipinski definition) is 2. The SMILES string of the molecule is COc1ccc(C2(N)CCCCC2)cc1Cl. The largest absolute Gasteiger partial charge is 0.495 e. The molecule has 0 saturated heterocycles. The molecule has 2 N–H and O–H groups in total. The lowest BCUT2D eigenvalue weighted by Crippen LogP contribution is -2.38. The molecule has 16 heavy (non-hydrogen) atoms. The zero-order valence-electron chi connectivity index (χ0n) is 9.63. The van der Waals surface area contributed by atoms with E-state index in [0.717, 1.165) is 18.4 Å². The van der Waals surface area contributed by atoms with E-state index in [9.17, 15) is 0 Å². The van der Waals surface area contributed by atoms with Gasteiger partial charge in [0, 0.05) is 5.54 Å². The van der Waals surface area contributed by atoms with Gasteiger partial charge in [0.05, 0.1) is 12.1 Å². The van der Waals surface area contributed by atoms with Crippen LogP contribution in [0.5, 0.6) is 5.75 Å². The Labute approximate surface area is 102 Å². The van der Waals surface area contributed by atoms with Crippen LogP contribution in [-0.2, 0) is 5.54 Å². The molecule has 0 heterocycles. The Morgan fingerprint density at radius 2 is 1.94 bits per heavy atom. The molecule has 0 unspecified atom stereocenters. The highest BCUT2D eigenvalue weighted by Crippen LogP contribution is 2.37. The lowest BCUT2D eigenvalue weighted by Gasteiger charge is -2.34. The minimum absolute atomic E-state index is 0.186. The molecule has 0 atom stereocenters. The summed E-state index contributed by atoms with van der Waals surface area (Å²) in [7, 11) is 1.62. The predicted octanol–water partition coefficient (Wildman–Crippen LogP) is 3.47. The van der Waals surface area contributed by atoms with E-state index in [0.29, 0.717) is 10.8 Å². The highest BCUT2D eigenvalue weighted by Gasteiger charge is 2.29. The molecule has 0 spiro atoms. The fourth-order valence-corrected chi connectivity index (χ4v) is 2.71. The molecule has 2 rings (SSSR count). The van der Waals surface area contributed by atoms with Gasteiger partial charge in [-0.25, -0.2) is 0 Å². The highest BCUT2D eigenvalue weighted by atomic mass is 35.5. The van der Waals surface area contributed by atoms with Crippen molar-refractivity contribution in [3.8, 4) is 5.75 Å². The number of rotatable bonds is 2. The third-order valence-electron chi connectivity index (χ3n) is 3.47. The van der Waals surface area contributed by atoms with E-state index in [-0.39, 0.29) is 5.54 Å². The first-order valence-electron chi connectivity index (χ1n) is 5.79. The van der Waals surface area contributed by atoms with E-state index in [1.165, 1.54) is 19.3 Å². The van der Waals surface area contributed by atoms with Crippen LogP contribution < -0.4 is 10.5 Å². The van der Waals surface area contributed by atoms with Crippen LogP contribution in [0.2, 0.25) is 5.02 Å². The minimum Gasteiger partial charge on any atom is -0.495 e. The molecule has 88 valence electrons. The Hall–Kier alpha value is -0.730. The first-order chi connectivity index (χ1) is 7.65. The minimum atomic E-state index is -0.186. The van der Waals surface area contributed by atoms with Crippen molar-refractivity contribution in [1.82, 2.24) is 0 Å². The normalized spacial score (nSPS) is 19.4. The van der Waals surface area contributed by atoms with Gasteiger partial charge in [0.25, 0.3) is 0 Å². The van der Waals surface area contributed by atoms with Gasteiger partial charge in [-0.05, 0) is 30.5 Å². The van der Waals surface area contributed by atoms with E-state index < -0.39 is 0 Å². The number of benzene rings is 1. The molecule has 0 bridgehead atoms. The number of ether oxygens (including phenoxy) is 1. The van der Waals surface area contributed by atoms with E-state index >= 15 is 0 Å². The number of hydrogen-bond donors (Lipinski definition) is 1. The molecule has 1 aromatic rings. The van der Waals surface area contributed by atoms with Crippen molar-refractivity contribution >= 4 is 11.6 Å². The maximum absolute atomic E-state index is 6.44. The standard InChI is InChI=1S/C13H18ClNO/c1-16-12-6-5-10(9-11(12)14)13(15)7-3-2-4-8-13/h5-6,9H,2-4,7-8,15H2,1H3. The van der Waals surface area contributed by atoms with Gasteiger partial charge in [0.15, 0.2) is 0 Å². The van der Waals surface area contributed by atoms with Gasteiger partial charge in [-0.15, -0.1) is 0 Å². The molecule has 0 aromatic heterocycles. The van der Waals surface area contributed by atoms with Crippen LogP contribution in [-0.4, -0.2) is 7.11 Å². The van der Waals surface area contributed by atoms with Gasteiger partial charge < -0.3 is 10.5 Å². The van der Waals surface area contributed by atoms with E-state index in [2.05, 4.69) is 0 Å². The van der Waals surface area contributed by atoms with Crippen LogP contribution in [0.25, 0.3) is 0 Å². The molecular weight excluding hydrogens is 222 g/mol. The van der Waals surface area contributed by atoms with Crippen molar-refractivity contribution < 1.29 is 4.74 Å². The smallest absolute Gasteiger partial charge is 0.137 e. The quantitative estimate of drug-likeness (QED) is 0.858. The van der Waals surface area contributed by atoms with Crippen LogP contribution in [0.4, 0.5) is 0 Å². The molecule has 1 fully saturated rings. The molecule has 1 saturated carbocycles. The number of halogens is 1. The summed E-state index contributed by atoms with van der Waals surface area (Å²) in [6.45, 7) is 0. The average Bonchev–Trinajstić information content (AvgIpc) is 2.30. The second-order valence-electron chi connectivity index (χ2n) is 4.57. The third kappa shape index (κ3) is 2.18. The first kappa shape index (κ1) is 11.7. The van der Waals surface area contributed by atoms with Crippen LogP contribution in [0.15, 0.2) is 18.2 Å². The molecule has 2 nitrogen and oxygen atoms in total. The lowest BCUT2D eigenvalue weighted by molar-refractivity contribution is 0.302. The molecular formula is C13H18ClNO. The molecule has 0 aliphatic heterocycles. The first-order valence-corrected chi connectivity index (χ1v) is 6.16. The summed E-state index contributed by atoms with van der Waals surface area (Å²) < 4.78 is 5.15. The van der Waals surface area contributed by atoms with E-state index in [1.807, 2.05) is 18.2 Å². The van der Waals surface area contributed by atoms with Crippen molar-refractivity contribution in [1.29, 1.82) is 0 Å². The Morgan fingerprint density at radius 1 is 1.25 bits per heavy atom. The molecule has 0 radical (unpaired) electrons. The van der Waals surface area contributed by atoms with Crippen molar-refractivity contribution in [2.24, 2.45) is 5.73 Å². The second kappa shape index (κ2) is 4.64. The van der Waals surface area contributed by atoms with Gasteiger partial charge >= 0.3 is 0 Å². The zero-order chi connectivity index (χ0) is 11.6. The van der Waals surface area contributed by atoms with Gasteiger partial charge in [-0.3, -0.25) is 0 Å². The summed E-state index contributed by atoms with van der Waals surface area (Å²) in [5, 5.41) is 0.649. The Kier molecular flexibility index (Phi) is 3.41. The summed E-state index contributed by atoms with van der Waals surface area (Å²) in [6.07, 6.45) is 5.81. The Bertz CT molecular complexity index is 372. The summed E-state index contributed by atoms with van der Waals surface area (Å²) in [5.41, 5.74) is 7.39. The molecule has 1 aromatic carbocycles. The van der Waals surface area contributed by atoms with Crippen molar-refractivity contribution in [2.45, 2.75) is 37.6 Å². The monoisotopic (exact) mass is 239 g/mol. The maximum atomic E-state index is 6.44. The molecule has 1 aliphatic rings. The van der Waals surface area contributed by atoms with Gasteiger partial charge in [-0.1, -0.05) is 36.9 Å². The molecule has 3 heteroatoms. The third-order valence-corrected chi connectivity index (χ3v) is 3.77. The summed E-state index contributed by atoms with van der Waals surface area (Å²) in [5.74, 6) is 0.713. The van der Waals surface area contributed by atoms with Crippen LogP contribution in [0.3, 0.4) is 0 Å². The lowest BCUT2D eigenvalue weighted by atomic mass is 9.77. The number of nitrogens with two attached hydrogens (primary N) is 1. The van der Waals surface area contributed by atoms with Gasteiger partial charge in [-0.2, -0.15) is 0 Å². The van der Waals surface area contributed by atoms with Crippen molar-refractivity contribution in [3.63, 3.8) is 0 Å². The maximum Gasteiger partial charge on any atom is 0.137 e. The highest BCUT2D eigenvalue weighted by molar-refractivity contribution is 6.32. The second-order valence-corrected chi connectivity index (χ2v) is 4.97. The fourth-order valence-electron chi connectivity index (χ4n) is 2.45. The van der Waals surface area contributed by atoms with Crippen molar-refractivity contribution in [2.75, 3.05) is 7.11 Å². The number of methoxy groups -OCH3 is 1. The molecule has 0 amide bonds. The Balaban J connectivity index is 2.29. The van der Waals surface area contributed by atoms with E-state index in [4.69, 9.17) is 22.1 Å². The van der Waals surface area contributed by atoms with Crippen LogP contribution in [0, 0.1) is 0 Å². The summed E-state index contributed by atoms with van der Waals surface area (Å²) >= 11 is 6.13. The van der Waals surface area contributed by atoms with Gasteiger partial charge in [0.1, 0.15) is 5.75 Å². The van der Waals surface area contributed by atoms with Crippen LogP contribution in [0.1, 0.15) is 37.7 Å². The van der Waals surface area contributed by atoms with Crippen molar-refractivity contribution in [3.05, 3.63) is 28.8 Å². The van der Waals surface area contributed by atoms with E-state index in [1.54, 1.807) is 7.11 Å². The Morgan fingerprint density at radius 3 is 2.50 bits per heavy atom. The predicted molar refractivity (Wildman–Crippen MR) is 67.0 cm³/mol. The van der Waals surface area contributed by atoms with Crippen LogP contribution >= 0.6 is 11.6 Å². The topological polar surface area (TPSA) is 35.2 Å². The zero-order valence-corrected chi connectivity index (χ0v) is 10.4. The summed E-state index contributed by atoms with van der Waals surface area (Å²) in [4.78, 5) is 0. The summed E-state index contributed by atoms with van der Waals surface area (Å²) in [6, 6.07) is 5.89.